The summed E-state index contributed by atoms with van der Waals surface area (Å²) in [6, 6.07) is 0. The first-order valence-corrected chi connectivity index (χ1v) is 5.55. The van der Waals surface area contributed by atoms with Crippen LogP contribution in [0.3, 0.4) is 0 Å². The highest BCUT2D eigenvalue weighted by Gasteiger charge is 2.38. The minimum Gasteiger partial charge on any atom is -0.462 e. The third kappa shape index (κ3) is 1.45. The zero-order valence-corrected chi connectivity index (χ0v) is 9.73. The van der Waals surface area contributed by atoms with Gasteiger partial charge in [0, 0.05) is 19.5 Å². The topological polar surface area (TPSA) is 55.8 Å². The van der Waals surface area contributed by atoms with Gasteiger partial charge in [0.05, 0.1) is 18.3 Å². The quantitative estimate of drug-likeness (QED) is 0.367. The SMILES string of the molecule is CN1C(=O)O/C(=C2\CCOC2=O)C2=C1C=C[C+]=C2. The van der Waals surface area contributed by atoms with Gasteiger partial charge in [0.1, 0.15) is 12.2 Å². The van der Waals surface area contributed by atoms with Gasteiger partial charge in [-0.1, -0.05) is 0 Å². The molecule has 1 amide bonds. The third-order valence-electron chi connectivity index (χ3n) is 3.02. The molecule has 0 radical (unpaired) electrons. The van der Waals surface area contributed by atoms with E-state index in [-0.39, 0.29) is 0 Å². The number of likely N-dealkylation sites (N-methyl/N-ethyl adjacent to an activating group) is 1. The van der Waals surface area contributed by atoms with Crippen molar-refractivity contribution >= 4 is 12.1 Å². The molecule has 0 N–H and O–H groups in total. The predicted molar refractivity (Wildman–Crippen MR) is 60.8 cm³/mol. The van der Waals surface area contributed by atoms with Crippen molar-refractivity contribution < 1.29 is 19.1 Å². The lowest BCUT2D eigenvalue weighted by molar-refractivity contribution is -0.135. The summed E-state index contributed by atoms with van der Waals surface area (Å²) >= 11 is 0. The van der Waals surface area contributed by atoms with Gasteiger partial charge in [0.15, 0.2) is 11.3 Å². The number of hydrogen-bond acceptors (Lipinski definition) is 4. The van der Waals surface area contributed by atoms with E-state index >= 15 is 0 Å². The fraction of sp³-hybridized carbons (Fsp3) is 0.231. The summed E-state index contributed by atoms with van der Waals surface area (Å²) in [7, 11) is 1.62. The minimum atomic E-state index is -0.504. The van der Waals surface area contributed by atoms with E-state index in [1.165, 1.54) is 4.90 Å². The van der Waals surface area contributed by atoms with E-state index in [0.29, 0.717) is 35.6 Å². The lowest BCUT2D eigenvalue weighted by atomic mass is 10.0. The number of rotatable bonds is 0. The standard InChI is InChI=1S/C13H10NO4/c1-14-10-5-3-2-4-8(10)11(18-13(14)16)9-6-7-17-12(9)15/h3-5H,6-7H2,1H3/q+1/b11-9+. The van der Waals surface area contributed by atoms with Crippen LogP contribution in [0.25, 0.3) is 0 Å². The number of carbonyl (C=O) groups excluding carboxylic acids is 2. The van der Waals surface area contributed by atoms with E-state index in [2.05, 4.69) is 6.08 Å². The Labute approximate surface area is 104 Å². The zero-order chi connectivity index (χ0) is 12.7. The fourth-order valence-corrected chi connectivity index (χ4v) is 2.07. The monoisotopic (exact) mass is 244 g/mol. The number of cyclic esters (lactones) is 2. The highest BCUT2D eigenvalue weighted by Crippen LogP contribution is 2.33. The van der Waals surface area contributed by atoms with Crippen LogP contribution in [0.1, 0.15) is 6.42 Å². The molecule has 0 aromatic rings. The highest BCUT2D eigenvalue weighted by atomic mass is 16.6. The number of carbonyl (C=O) groups is 2. The van der Waals surface area contributed by atoms with Crippen LogP contribution >= 0.6 is 0 Å². The van der Waals surface area contributed by atoms with E-state index in [4.69, 9.17) is 9.47 Å². The molecule has 0 aromatic heterocycles. The lowest BCUT2D eigenvalue weighted by Crippen LogP contribution is -2.32. The van der Waals surface area contributed by atoms with Crippen molar-refractivity contribution in [2.45, 2.75) is 6.42 Å². The first kappa shape index (κ1) is 10.7. The second-order valence-electron chi connectivity index (χ2n) is 4.06. The van der Waals surface area contributed by atoms with Crippen LogP contribution in [-0.2, 0) is 14.3 Å². The van der Waals surface area contributed by atoms with Gasteiger partial charge < -0.3 is 9.47 Å². The van der Waals surface area contributed by atoms with Crippen LogP contribution in [-0.4, -0.2) is 30.6 Å². The molecular weight excluding hydrogens is 234 g/mol. The minimum absolute atomic E-state index is 0.299. The molecule has 1 aliphatic carbocycles. The van der Waals surface area contributed by atoms with Gasteiger partial charge in [0.25, 0.3) is 0 Å². The molecule has 2 aliphatic heterocycles. The summed E-state index contributed by atoms with van der Waals surface area (Å²) in [4.78, 5) is 24.7. The Kier molecular flexibility index (Phi) is 2.28. The average Bonchev–Trinajstić information content (AvgIpc) is 2.80. The summed E-state index contributed by atoms with van der Waals surface area (Å²) in [6.45, 7) is 0.330. The van der Waals surface area contributed by atoms with Crippen molar-refractivity contribution in [2.75, 3.05) is 13.7 Å². The summed E-state index contributed by atoms with van der Waals surface area (Å²) in [5.74, 6) is -0.121. The smallest absolute Gasteiger partial charge is 0.422 e. The number of ether oxygens (including phenoxy) is 2. The van der Waals surface area contributed by atoms with E-state index in [0.717, 1.165) is 0 Å². The number of esters is 1. The summed E-state index contributed by atoms with van der Waals surface area (Å²) in [5.41, 5.74) is 1.80. The molecular formula is C13H10NO4+. The van der Waals surface area contributed by atoms with Crippen LogP contribution in [0.4, 0.5) is 4.79 Å². The maximum atomic E-state index is 11.7. The van der Waals surface area contributed by atoms with Gasteiger partial charge in [-0.2, -0.15) is 0 Å². The zero-order valence-electron chi connectivity index (χ0n) is 9.73. The Morgan fingerprint density at radius 2 is 2.22 bits per heavy atom. The lowest BCUT2D eigenvalue weighted by Gasteiger charge is -2.23. The van der Waals surface area contributed by atoms with E-state index in [1.807, 2.05) is 0 Å². The molecule has 2 heterocycles. The molecule has 3 aliphatic rings. The van der Waals surface area contributed by atoms with Crippen LogP contribution < -0.4 is 0 Å². The Morgan fingerprint density at radius 1 is 1.39 bits per heavy atom. The van der Waals surface area contributed by atoms with Gasteiger partial charge >= 0.3 is 12.1 Å². The Hall–Kier alpha value is -2.39. The summed E-state index contributed by atoms with van der Waals surface area (Å²) in [6.07, 6.45) is 8.05. The highest BCUT2D eigenvalue weighted by molar-refractivity contribution is 5.93. The normalized spacial score (nSPS) is 25.9. The van der Waals surface area contributed by atoms with E-state index in [9.17, 15) is 9.59 Å². The van der Waals surface area contributed by atoms with Crippen LogP contribution in [0.15, 0.2) is 40.8 Å². The van der Waals surface area contributed by atoms with Crippen molar-refractivity contribution in [3.8, 4) is 0 Å². The Morgan fingerprint density at radius 3 is 2.94 bits per heavy atom. The molecule has 18 heavy (non-hydrogen) atoms. The average molecular weight is 244 g/mol. The van der Waals surface area contributed by atoms with Gasteiger partial charge in [0.2, 0.25) is 5.76 Å². The Balaban J connectivity index is 2.19. The number of hydrogen-bond donors (Lipinski definition) is 0. The summed E-state index contributed by atoms with van der Waals surface area (Å²) in [5, 5.41) is 0. The molecule has 5 heteroatoms. The van der Waals surface area contributed by atoms with E-state index in [1.54, 1.807) is 25.3 Å². The van der Waals surface area contributed by atoms with Crippen molar-refractivity contribution in [3.63, 3.8) is 0 Å². The molecule has 1 saturated heterocycles. The van der Waals surface area contributed by atoms with Gasteiger partial charge in [-0.15, -0.1) is 0 Å². The van der Waals surface area contributed by atoms with Gasteiger partial charge in [-0.05, 0) is 0 Å². The molecule has 0 spiro atoms. The molecule has 5 nitrogen and oxygen atoms in total. The number of allylic oxidation sites excluding steroid dienone is 4. The molecule has 0 aromatic carbocycles. The van der Waals surface area contributed by atoms with Crippen molar-refractivity contribution in [3.05, 3.63) is 46.9 Å². The second kappa shape index (κ2) is 3.82. The second-order valence-corrected chi connectivity index (χ2v) is 4.06. The van der Waals surface area contributed by atoms with Crippen molar-refractivity contribution in [1.82, 2.24) is 4.90 Å². The largest absolute Gasteiger partial charge is 0.462 e. The molecule has 0 atom stereocenters. The molecule has 3 rings (SSSR count). The van der Waals surface area contributed by atoms with Gasteiger partial charge in [-0.25, -0.2) is 9.59 Å². The first-order chi connectivity index (χ1) is 8.68. The Bertz CT molecular complexity index is 566. The predicted octanol–water partition coefficient (Wildman–Crippen LogP) is 1.45. The fourth-order valence-electron chi connectivity index (χ4n) is 2.07. The van der Waals surface area contributed by atoms with Crippen molar-refractivity contribution in [1.29, 1.82) is 0 Å². The number of amides is 1. The molecule has 0 unspecified atom stereocenters. The summed E-state index contributed by atoms with van der Waals surface area (Å²) < 4.78 is 10.1. The van der Waals surface area contributed by atoms with Crippen LogP contribution in [0.2, 0.25) is 0 Å². The maximum absolute atomic E-state index is 11.7. The van der Waals surface area contributed by atoms with E-state index < -0.39 is 12.1 Å². The van der Waals surface area contributed by atoms with Gasteiger partial charge in [-0.3, -0.25) is 4.90 Å². The molecule has 90 valence electrons. The van der Waals surface area contributed by atoms with Crippen molar-refractivity contribution in [2.24, 2.45) is 0 Å². The van der Waals surface area contributed by atoms with Crippen LogP contribution in [0.5, 0.6) is 0 Å². The molecule has 1 fully saturated rings. The number of nitrogens with zero attached hydrogens (tertiary/aromatic N) is 1. The maximum Gasteiger partial charge on any atom is 0.422 e. The molecule has 0 bridgehead atoms. The molecule has 0 saturated carbocycles. The van der Waals surface area contributed by atoms with Crippen LogP contribution in [0, 0.1) is 6.08 Å². The first-order valence-electron chi connectivity index (χ1n) is 5.55. The third-order valence-corrected chi connectivity index (χ3v) is 3.02.